The standard InChI is InChI=1S/C15H31NO3/c1-2-3-4-5-6-7-8-9-10-11-12-14(13-17)19-15(16)18/h14,17H,2-13H2,1H3,(H2,16,18). The molecule has 0 fully saturated rings. The van der Waals surface area contributed by atoms with E-state index in [0.717, 1.165) is 12.8 Å². The van der Waals surface area contributed by atoms with E-state index in [0.29, 0.717) is 6.42 Å². The number of carbonyl (C=O) groups is 1. The van der Waals surface area contributed by atoms with Gasteiger partial charge in [-0.2, -0.15) is 0 Å². The van der Waals surface area contributed by atoms with Gasteiger partial charge in [0, 0.05) is 0 Å². The number of aliphatic hydroxyl groups is 1. The number of amides is 1. The Balaban J connectivity index is 3.23. The summed E-state index contributed by atoms with van der Waals surface area (Å²) in [5.41, 5.74) is 4.92. The Hall–Kier alpha value is -0.770. The predicted octanol–water partition coefficient (Wildman–Crippen LogP) is 3.75. The van der Waals surface area contributed by atoms with Gasteiger partial charge in [0.15, 0.2) is 0 Å². The monoisotopic (exact) mass is 273 g/mol. The fourth-order valence-corrected chi connectivity index (χ4v) is 2.21. The Morgan fingerprint density at radius 3 is 1.89 bits per heavy atom. The average Bonchev–Trinajstić information content (AvgIpc) is 2.39. The first-order chi connectivity index (χ1) is 9.20. The topological polar surface area (TPSA) is 72.6 Å². The van der Waals surface area contributed by atoms with Crippen LogP contribution in [0.15, 0.2) is 0 Å². The van der Waals surface area contributed by atoms with Gasteiger partial charge in [-0.25, -0.2) is 4.79 Å². The molecule has 1 amide bonds. The molecular weight excluding hydrogens is 242 g/mol. The number of nitrogens with two attached hydrogens (primary N) is 1. The maximum absolute atomic E-state index is 10.5. The van der Waals surface area contributed by atoms with E-state index in [1.807, 2.05) is 0 Å². The molecule has 0 aromatic carbocycles. The lowest BCUT2D eigenvalue weighted by Gasteiger charge is -2.13. The number of hydrogen-bond donors (Lipinski definition) is 2. The number of aliphatic hydroxyl groups excluding tert-OH is 1. The summed E-state index contributed by atoms with van der Waals surface area (Å²) in [4.78, 5) is 10.5. The maximum Gasteiger partial charge on any atom is 0.404 e. The summed E-state index contributed by atoms with van der Waals surface area (Å²) in [6, 6.07) is 0. The molecule has 0 radical (unpaired) electrons. The van der Waals surface area contributed by atoms with Crippen molar-refractivity contribution in [2.45, 2.75) is 83.7 Å². The van der Waals surface area contributed by atoms with Crippen LogP contribution >= 0.6 is 0 Å². The third kappa shape index (κ3) is 13.5. The fourth-order valence-electron chi connectivity index (χ4n) is 2.21. The molecule has 0 aromatic heterocycles. The first kappa shape index (κ1) is 18.2. The van der Waals surface area contributed by atoms with Crippen LogP contribution in [-0.2, 0) is 4.74 Å². The van der Waals surface area contributed by atoms with Crippen molar-refractivity contribution in [3.63, 3.8) is 0 Å². The van der Waals surface area contributed by atoms with Crippen LogP contribution in [0.1, 0.15) is 77.6 Å². The first-order valence-corrected chi connectivity index (χ1v) is 7.77. The van der Waals surface area contributed by atoms with E-state index in [2.05, 4.69) is 6.92 Å². The highest BCUT2D eigenvalue weighted by molar-refractivity contribution is 5.64. The minimum absolute atomic E-state index is 0.139. The second kappa shape index (κ2) is 13.7. The molecule has 0 spiro atoms. The largest absolute Gasteiger partial charge is 0.444 e. The van der Waals surface area contributed by atoms with Crippen molar-refractivity contribution in [3.05, 3.63) is 0 Å². The summed E-state index contributed by atoms with van der Waals surface area (Å²) < 4.78 is 4.77. The summed E-state index contributed by atoms with van der Waals surface area (Å²) >= 11 is 0. The highest BCUT2D eigenvalue weighted by atomic mass is 16.6. The van der Waals surface area contributed by atoms with Crippen molar-refractivity contribution >= 4 is 6.09 Å². The van der Waals surface area contributed by atoms with E-state index in [1.165, 1.54) is 51.4 Å². The molecule has 19 heavy (non-hydrogen) atoms. The van der Waals surface area contributed by atoms with Gasteiger partial charge in [-0.1, -0.05) is 64.7 Å². The first-order valence-electron chi connectivity index (χ1n) is 7.77. The zero-order valence-corrected chi connectivity index (χ0v) is 12.4. The number of ether oxygens (including phenoxy) is 1. The number of carbonyl (C=O) groups excluding carboxylic acids is 1. The van der Waals surface area contributed by atoms with E-state index in [4.69, 9.17) is 15.6 Å². The lowest BCUT2D eigenvalue weighted by molar-refractivity contribution is 0.0570. The van der Waals surface area contributed by atoms with Gasteiger partial charge in [0.05, 0.1) is 6.61 Å². The van der Waals surface area contributed by atoms with Crippen molar-refractivity contribution in [2.24, 2.45) is 5.73 Å². The summed E-state index contributed by atoms with van der Waals surface area (Å²) in [6.45, 7) is 2.10. The van der Waals surface area contributed by atoms with Crippen LogP contribution in [0, 0.1) is 0 Å². The summed E-state index contributed by atoms with van der Waals surface area (Å²) in [6.07, 6.45) is 12.2. The lowest BCUT2D eigenvalue weighted by atomic mass is 10.0. The zero-order valence-electron chi connectivity index (χ0n) is 12.4. The molecular formula is C15H31NO3. The quantitative estimate of drug-likeness (QED) is 0.502. The fraction of sp³-hybridized carbons (Fsp3) is 0.933. The van der Waals surface area contributed by atoms with Gasteiger partial charge in [0.2, 0.25) is 0 Å². The van der Waals surface area contributed by atoms with Gasteiger partial charge >= 0.3 is 6.09 Å². The molecule has 0 bridgehead atoms. The molecule has 0 aromatic rings. The molecule has 0 aliphatic heterocycles. The van der Waals surface area contributed by atoms with E-state index in [-0.39, 0.29) is 6.61 Å². The predicted molar refractivity (Wildman–Crippen MR) is 78.0 cm³/mol. The highest BCUT2D eigenvalue weighted by Gasteiger charge is 2.10. The van der Waals surface area contributed by atoms with Crippen LogP contribution < -0.4 is 5.73 Å². The molecule has 4 nitrogen and oxygen atoms in total. The van der Waals surface area contributed by atoms with Crippen molar-refractivity contribution in [1.82, 2.24) is 0 Å². The van der Waals surface area contributed by atoms with Crippen molar-refractivity contribution in [1.29, 1.82) is 0 Å². The molecule has 0 rings (SSSR count). The summed E-state index contributed by atoms with van der Waals surface area (Å²) in [5, 5.41) is 8.99. The van der Waals surface area contributed by atoms with E-state index < -0.39 is 12.2 Å². The van der Waals surface area contributed by atoms with Gasteiger partial charge in [0.25, 0.3) is 0 Å². The van der Waals surface area contributed by atoms with Gasteiger partial charge in [0.1, 0.15) is 6.10 Å². The molecule has 0 aliphatic rings. The van der Waals surface area contributed by atoms with Gasteiger partial charge in [-0.15, -0.1) is 0 Å². The smallest absolute Gasteiger partial charge is 0.404 e. The number of unbranched alkanes of at least 4 members (excludes halogenated alkanes) is 9. The Morgan fingerprint density at radius 2 is 1.47 bits per heavy atom. The third-order valence-corrected chi connectivity index (χ3v) is 3.37. The van der Waals surface area contributed by atoms with Crippen molar-refractivity contribution in [3.8, 4) is 0 Å². The SMILES string of the molecule is CCCCCCCCCCCCC(CO)OC(N)=O. The number of hydrogen-bond acceptors (Lipinski definition) is 3. The molecule has 0 saturated carbocycles. The van der Waals surface area contributed by atoms with Crippen molar-refractivity contribution in [2.75, 3.05) is 6.61 Å². The maximum atomic E-state index is 10.5. The molecule has 3 N–H and O–H groups in total. The Bertz CT molecular complexity index is 210. The minimum atomic E-state index is -0.800. The van der Waals surface area contributed by atoms with E-state index >= 15 is 0 Å². The van der Waals surface area contributed by atoms with Gasteiger partial charge in [-0.05, 0) is 12.8 Å². The molecule has 1 atom stereocenters. The van der Waals surface area contributed by atoms with Gasteiger partial charge in [-0.3, -0.25) is 0 Å². The number of rotatable bonds is 13. The van der Waals surface area contributed by atoms with Crippen LogP contribution in [0.5, 0.6) is 0 Å². The van der Waals surface area contributed by atoms with Crippen LogP contribution in [0.3, 0.4) is 0 Å². The minimum Gasteiger partial charge on any atom is -0.444 e. The third-order valence-electron chi connectivity index (χ3n) is 3.37. The summed E-state index contributed by atoms with van der Waals surface area (Å²) in [5.74, 6) is 0. The van der Waals surface area contributed by atoms with E-state index in [9.17, 15) is 4.79 Å². The highest BCUT2D eigenvalue weighted by Crippen LogP contribution is 2.12. The lowest BCUT2D eigenvalue weighted by Crippen LogP contribution is -2.25. The normalized spacial score (nSPS) is 12.3. The van der Waals surface area contributed by atoms with E-state index in [1.54, 1.807) is 0 Å². The van der Waals surface area contributed by atoms with Crippen molar-refractivity contribution < 1.29 is 14.6 Å². The molecule has 4 heteroatoms. The molecule has 0 saturated heterocycles. The van der Waals surface area contributed by atoms with Crippen LogP contribution in [0.2, 0.25) is 0 Å². The second-order valence-electron chi connectivity index (χ2n) is 5.21. The van der Waals surface area contributed by atoms with Crippen LogP contribution in [-0.4, -0.2) is 23.9 Å². The number of primary amides is 1. The van der Waals surface area contributed by atoms with Crippen LogP contribution in [0.4, 0.5) is 4.79 Å². The molecule has 0 aliphatic carbocycles. The van der Waals surface area contributed by atoms with Crippen LogP contribution in [0.25, 0.3) is 0 Å². The molecule has 114 valence electrons. The molecule has 1 unspecified atom stereocenters. The Labute approximate surface area is 117 Å². The Kier molecular flexibility index (Phi) is 13.1. The molecule has 0 heterocycles. The summed E-state index contributed by atoms with van der Waals surface area (Å²) in [7, 11) is 0. The average molecular weight is 273 g/mol. The Morgan fingerprint density at radius 1 is 1.00 bits per heavy atom. The zero-order chi connectivity index (χ0) is 14.3. The van der Waals surface area contributed by atoms with Gasteiger partial charge < -0.3 is 15.6 Å². The second-order valence-corrected chi connectivity index (χ2v) is 5.21.